The standard InChI is InChI=1S/C11H18N2OS/c1-9-8-15-10(13-9)11(4-3-5-11)12-6-7-14-2/h8,12H,3-7H2,1-2H3. The number of aryl methyl sites for hydroxylation is 1. The van der Waals surface area contributed by atoms with Crippen LogP contribution < -0.4 is 5.32 Å². The molecule has 0 unspecified atom stereocenters. The van der Waals surface area contributed by atoms with Crippen molar-refractivity contribution in [3.05, 3.63) is 16.1 Å². The van der Waals surface area contributed by atoms with Gasteiger partial charge in [-0.05, 0) is 26.2 Å². The van der Waals surface area contributed by atoms with Crippen molar-refractivity contribution >= 4 is 11.3 Å². The smallest absolute Gasteiger partial charge is 0.113 e. The lowest BCUT2D eigenvalue weighted by Gasteiger charge is -2.41. The molecule has 1 aliphatic carbocycles. The normalized spacial score (nSPS) is 18.8. The zero-order valence-corrected chi connectivity index (χ0v) is 10.2. The molecule has 2 rings (SSSR count). The van der Waals surface area contributed by atoms with Crippen LogP contribution in [0.2, 0.25) is 0 Å². The number of nitrogens with zero attached hydrogens (tertiary/aromatic N) is 1. The molecule has 0 atom stereocenters. The number of thiazole rings is 1. The van der Waals surface area contributed by atoms with E-state index in [1.54, 1.807) is 18.4 Å². The first kappa shape index (κ1) is 11.0. The van der Waals surface area contributed by atoms with Gasteiger partial charge in [-0.25, -0.2) is 4.98 Å². The summed E-state index contributed by atoms with van der Waals surface area (Å²) in [5.41, 5.74) is 1.30. The van der Waals surface area contributed by atoms with Gasteiger partial charge in [0, 0.05) is 24.7 Å². The Labute approximate surface area is 94.9 Å². The molecule has 0 saturated heterocycles. The highest BCUT2D eigenvalue weighted by Gasteiger charge is 2.40. The molecule has 1 N–H and O–H groups in total. The van der Waals surface area contributed by atoms with Crippen molar-refractivity contribution in [1.29, 1.82) is 0 Å². The average molecular weight is 226 g/mol. The van der Waals surface area contributed by atoms with Gasteiger partial charge < -0.3 is 10.1 Å². The molecule has 0 radical (unpaired) electrons. The Hall–Kier alpha value is -0.450. The fraction of sp³-hybridized carbons (Fsp3) is 0.727. The van der Waals surface area contributed by atoms with Crippen molar-refractivity contribution < 1.29 is 4.74 Å². The van der Waals surface area contributed by atoms with Crippen LogP contribution in [0.1, 0.15) is 30.0 Å². The largest absolute Gasteiger partial charge is 0.383 e. The van der Waals surface area contributed by atoms with Gasteiger partial charge in [-0.2, -0.15) is 0 Å². The Bertz CT molecular complexity index is 320. The number of hydrogen-bond donors (Lipinski definition) is 1. The van der Waals surface area contributed by atoms with Crippen LogP contribution in [0.5, 0.6) is 0 Å². The van der Waals surface area contributed by atoms with E-state index in [1.165, 1.54) is 24.3 Å². The maximum absolute atomic E-state index is 5.07. The van der Waals surface area contributed by atoms with Gasteiger partial charge in [-0.1, -0.05) is 0 Å². The van der Waals surface area contributed by atoms with Crippen LogP contribution in [0.3, 0.4) is 0 Å². The van der Waals surface area contributed by atoms with Crippen molar-refractivity contribution in [2.75, 3.05) is 20.3 Å². The third kappa shape index (κ3) is 2.22. The summed E-state index contributed by atoms with van der Waals surface area (Å²) in [4.78, 5) is 4.60. The van der Waals surface area contributed by atoms with Gasteiger partial charge in [0.25, 0.3) is 0 Å². The lowest BCUT2D eigenvalue weighted by molar-refractivity contribution is 0.145. The van der Waals surface area contributed by atoms with E-state index in [-0.39, 0.29) is 5.54 Å². The van der Waals surface area contributed by atoms with Crippen LogP contribution in [0, 0.1) is 6.92 Å². The molecule has 0 aliphatic heterocycles. The predicted molar refractivity (Wildman–Crippen MR) is 62.3 cm³/mol. The van der Waals surface area contributed by atoms with E-state index < -0.39 is 0 Å². The molecule has 1 fully saturated rings. The third-order valence-electron chi connectivity index (χ3n) is 3.01. The fourth-order valence-electron chi connectivity index (χ4n) is 1.96. The Balaban J connectivity index is 2.01. The molecule has 1 aromatic rings. The number of ether oxygens (including phenoxy) is 1. The summed E-state index contributed by atoms with van der Waals surface area (Å²) in [5, 5.41) is 6.97. The zero-order valence-electron chi connectivity index (χ0n) is 9.38. The van der Waals surface area contributed by atoms with Crippen LogP contribution >= 0.6 is 11.3 Å². The Kier molecular flexibility index (Phi) is 3.38. The number of hydrogen-bond acceptors (Lipinski definition) is 4. The molecule has 1 saturated carbocycles. The van der Waals surface area contributed by atoms with Crippen LogP contribution in [-0.2, 0) is 10.3 Å². The third-order valence-corrected chi connectivity index (χ3v) is 4.17. The highest BCUT2D eigenvalue weighted by molar-refractivity contribution is 7.09. The molecular formula is C11H18N2OS. The summed E-state index contributed by atoms with van der Waals surface area (Å²) < 4.78 is 5.07. The van der Waals surface area contributed by atoms with E-state index in [0.29, 0.717) is 0 Å². The van der Waals surface area contributed by atoms with Crippen LogP contribution in [-0.4, -0.2) is 25.2 Å². The van der Waals surface area contributed by atoms with Gasteiger partial charge in [0.15, 0.2) is 0 Å². The lowest BCUT2D eigenvalue weighted by atomic mass is 9.77. The van der Waals surface area contributed by atoms with E-state index in [0.717, 1.165) is 18.8 Å². The molecule has 84 valence electrons. The average Bonchev–Trinajstić information content (AvgIpc) is 2.57. The van der Waals surface area contributed by atoms with Crippen LogP contribution in [0.4, 0.5) is 0 Å². The SMILES string of the molecule is COCCNC1(c2nc(C)cs2)CCC1. The molecule has 0 amide bonds. The molecular weight excluding hydrogens is 208 g/mol. The van der Waals surface area contributed by atoms with Gasteiger partial charge in [0.2, 0.25) is 0 Å². The number of rotatable bonds is 5. The van der Waals surface area contributed by atoms with Crippen LogP contribution in [0.15, 0.2) is 5.38 Å². The second kappa shape index (κ2) is 4.60. The topological polar surface area (TPSA) is 34.1 Å². The van der Waals surface area contributed by atoms with Gasteiger partial charge >= 0.3 is 0 Å². The van der Waals surface area contributed by atoms with Crippen molar-refractivity contribution in [2.24, 2.45) is 0 Å². The van der Waals surface area contributed by atoms with E-state index in [2.05, 4.69) is 22.6 Å². The van der Waals surface area contributed by atoms with Crippen molar-refractivity contribution in [3.63, 3.8) is 0 Å². The minimum absolute atomic E-state index is 0.164. The molecule has 1 aromatic heterocycles. The van der Waals surface area contributed by atoms with Crippen molar-refractivity contribution in [1.82, 2.24) is 10.3 Å². The van der Waals surface area contributed by atoms with E-state index in [1.807, 2.05) is 0 Å². The second-order valence-corrected chi connectivity index (χ2v) is 5.01. The molecule has 0 spiro atoms. The number of aromatic nitrogens is 1. The number of nitrogens with one attached hydrogen (secondary N) is 1. The molecule has 0 bridgehead atoms. The number of methoxy groups -OCH3 is 1. The van der Waals surface area contributed by atoms with Gasteiger partial charge in [0.1, 0.15) is 5.01 Å². The summed E-state index contributed by atoms with van der Waals surface area (Å²) in [6.07, 6.45) is 3.73. The molecule has 0 aromatic carbocycles. The zero-order chi connectivity index (χ0) is 10.7. The fourth-order valence-corrected chi connectivity index (χ4v) is 3.00. The van der Waals surface area contributed by atoms with E-state index >= 15 is 0 Å². The maximum Gasteiger partial charge on any atom is 0.113 e. The Morgan fingerprint density at radius 1 is 1.60 bits per heavy atom. The lowest BCUT2D eigenvalue weighted by Crippen LogP contribution is -2.49. The summed E-state index contributed by atoms with van der Waals surface area (Å²) in [5.74, 6) is 0. The van der Waals surface area contributed by atoms with E-state index in [9.17, 15) is 0 Å². The predicted octanol–water partition coefficient (Wildman–Crippen LogP) is 2.07. The summed E-state index contributed by atoms with van der Waals surface area (Å²) in [6, 6.07) is 0. The first-order valence-electron chi connectivity index (χ1n) is 5.43. The highest BCUT2D eigenvalue weighted by Crippen LogP contribution is 2.42. The monoisotopic (exact) mass is 226 g/mol. The second-order valence-electron chi connectivity index (χ2n) is 4.15. The first-order valence-corrected chi connectivity index (χ1v) is 6.31. The summed E-state index contributed by atoms with van der Waals surface area (Å²) in [6.45, 7) is 3.74. The van der Waals surface area contributed by atoms with Crippen molar-refractivity contribution in [3.8, 4) is 0 Å². The Morgan fingerprint density at radius 2 is 2.40 bits per heavy atom. The molecule has 4 heteroatoms. The Morgan fingerprint density at radius 3 is 2.87 bits per heavy atom. The molecule has 1 aliphatic rings. The summed E-state index contributed by atoms with van der Waals surface area (Å²) in [7, 11) is 1.74. The van der Waals surface area contributed by atoms with Crippen molar-refractivity contribution in [2.45, 2.75) is 31.7 Å². The summed E-state index contributed by atoms with van der Waals surface area (Å²) >= 11 is 1.78. The van der Waals surface area contributed by atoms with Gasteiger partial charge in [0.05, 0.1) is 12.1 Å². The molecule has 1 heterocycles. The molecule has 3 nitrogen and oxygen atoms in total. The highest BCUT2D eigenvalue weighted by atomic mass is 32.1. The maximum atomic E-state index is 5.07. The van der Waals surface area contributed by atoms with Crippen LogP contribution in [0.25, 0.3) is 0 Å². The minimum atomic E-state index is 0.164. The quantitative estimate of drug-likeness (QED) is 0.780. The first-order chi connectivity index (χ1) is 7.27. The molecule has 15 heavy (non-hydrogen) atoms. The van der Waals surface area contributed by atoms with E-state index in [4.69, 9.17) is 4.74 Å². The minimum Gasteiger partial charge on any atom is -0.383 e. The van der Waals surface area contributed by atoms with Gasteiger partial charge in [-0.3, -0.25) is 0 Å². The van der Waals surface area contributed by atoms with Gasteiger partial charge in [-0.15, -0.1) is 11.3 Å².